The molecule has 0 aromatic heterocycles. The summed E-state index contributed by atoms with van der Waals surface area (Å²) < 4.78 is 21.5. The molecule has 0 rings (SSSR count). The van der Waals surface area contributed by atoms with Crippen LogP contribution in [0.4, 0.5) is 0 Å². The van der Waals surface area contributed by atoms with Crippen LogP contribution in [-0.2, 0) is 18.9 Å². The molecule has 0 N–H and O–H groups in total. The molecular formula is C15H32O4. The second kappa shape index (κ2) is 15.9. The molecule has 0 aliphatic heterocycles. The van der Waals surface area contributed by atoms with Gasteiger partial charge in [-0.15, -0.1) is 0 Å². The highest BCUT2D eigenvalue weighted by atomic mass is 16.6. The molecule has 0 fully saturated rings. The van der Waals surface area contributed by atoms with Crippen molar-refractivity contribution in [3.05, 3.63) is 0 Å². The van der Waals surface area contributed by atoms with Gasteiger partial charge in [-0.05, 0) is 25.2 Å². The Morgan fingerprint density at radius 3 is 1.47 bits per heavy atom. The molecule has 0 heterocycles. The number of ether oxygens (including phenoxy) is 4. The topological polar surface area (TPSA) is 36.9 Å². The lowest BCUT2D eigenvalue weighted by Crippen LogP contribution is -2.12. The normalized spacial score (nSPS) is 11.4. The molecule has 0 aliphatic rings. The minimum absolute atomic E-state index is 0.628. The van der Waals surface area contributed by atoms with Gasteiger partial charge in [0.1, 0.15) is 0 Å². The first-order valence-corrected chi connectivity index (χ1v) is 7.58. The molecule has 0 aliphatic carbocycles. The fraction of sp³-hybridized carbons (Fsp3) is 1.00. The van der Waals surface area contributed by atoms with Crippen molar-refractivity contribution in [3.63, 3.8) is 0 Å². The highest BCUT2D eigenvalue weighted by Crippen LogP contribution is 2.02. The van der Waals surface area contributed by atoms with Gasteiger partial charge in [0.25, 0.3) is 0 Å². The molecule has 0 saturated heterocycles. The van der Waals surface area contributed by atoms with Crippen LogP contribution in [-0.4, -0.2) is 52.9 Å². The van der Waals surface area contributed by atoms with Gasteiger partial charge in [-0.1, -0.05) is 20.8 Å². The number of rotatable bonds is 15. The highest BCUT2D eigenvalue weighted by molar-refractivity contribution is 4.44. The zero-order valence-corrected chi connectivity index (χ0v) is 13.0. The van der Waals surface area contributed by atoms with E-state index in [0.29, 0.717) is 39.6 Å². The quantitative estimate of drug-likeness (QED) is 0.431. The first-order chi connectivity index (χ1) is 9.27. The van der Waals surface area contributed by atoms with Crippen molar-refractivity contribution in [1.29, 1.82) is 0 Å². The number of hydrogen-bond acceptors (Lipinski definition) is 4. The molecule has 4 heteroatoms. The average Bonchev–Trinajstić information content (AvgIpc) is 2.39. The fourth-order valence-corrected chi connectivity index (χ4v) is 1.50. The zero-order chi connectivity index (χ0) is 14.2. The van der Waals surface area contributed by atoms with E-state index in [4.69, 9.17) is 18.9 Å². The van der Waals surface area contributed by atoms with Crippen LogP contribution < -0.4 is 0 Å². The van der Waals surface area contributed by atoms with E-state index in [1.165, 1.54) is 6.42 Å². The summed E-state index contributed by atoms with van der Waals surface area (Å²) in [7, 11) is 0. The van der Waals surface area contributed by atoms with Gasteiger partial charge < -0.3 is 18.9 Å². The lowest BCUT2D eigenvalue weighted by molar-refractivity contribution is -0.00220. The van der Waals surface area contributed by atoms with E-state index < -0.39 is 0 Å². The van der Waals surface area contributed by atoms with Crippen LogP contribution >= 0.6 is 0 Å². The van der Waals surface area contributed by atoms with Gasteiger partial charge in [0.05, 0.1) is 39.6 Å². The summed E-state index contributed by atoms with van der Waals surface area (Å²) in [6.45, 7) is 12.1. The molecule has 0 unspecified atom stereocenters. The molecule has 0 amide bonds. The van der Waals surface area contributed by atoms with Gasteiger partial charge in [0.15, 0.2) is 0 Å². The monoisotopic (exact) mass is 276 g/mol. The predicted octanol–water partition coefficient (Wildman–Crippen LogP) is 2.90. The standard InChI is InChI=1S/C15H32O4/c1-4-7-16-9-11-18-13-14-19-12-10-17-8-5-6-15(2)3/h15H,4-14H2,1-3H3. The van der Waals surface area contributed by atoms with Crippen LogP contribution in [0.2, 0.25) is 0 Å². The first-order valence-electron chi connectivity index (χ1n) is 7.58. The van der Waals surface area contributed by atoms with Crippen molar-refractivity contribution in [2.24, 2.45) is 5.92 Å². The van der Waals surface area contributed by atoms with Gasteiger partial charge in [-0.2, -0.15) is 0 Å². The van der Waals surface area contributed by atoms with E-state index in [1.54, 1.807) is 0 Å². The van der Waals surface area contributed by atoms with Gasteiger partial charge in [-0.3, -0.25) is 0 Å². The molecule has 0 bridgehead atoms. The van der Waals surface area contributed by atoms with Gasteiger partial charge in [0, 0.05) is 13.2 Å². The summed E-state index contributed by atoms with van der Waals surface area (Å²) in [6, 6.07) is 0. The third kappa shape index (κ3) is 17.8. The SMILES string of the molecule is CCCOCCOCCOCCOCCCC(C)C. The Balaban J connectivity index is 2.91. The Hall–Kier alpha value is -0.160. The van der Waals surface area contributed by atoms with Crippen LogP contribution in [0.3, 0.4) is 0 Å². The molecule has 0 radical (unpaired) electrons. The second-order valence-electron chi connectivity index (χ2n) is 4.99. The Morgan fingerprint density at radius 1 is 0.632 bits per heavy atom. The average molecular weight is 276 g/mol. The van der Waals surface area contributed by atoms with Crippen LogP contribution in [0, 0.1) is 5.92 Å². The van der Waals surface area contributed by atoms with Gasteiger partial charge >= 0.3 is 0 Å². The van der Waals surface area contributed by atoms with Crippen LogP contribution in [0.5, 0.6) is 0 Å². The van der Waals surface area contributed by atoms with E-state index >= 15 is 0 Å². The lowest BCUT2D eigenvalue weighted by Gasteiger charge is -2.08. The Labute approximate surface area is 118 Å². The van der Waals surface area contributed by atoms with Crippen LogP contribution in [0.1, 0.15) is 40.0 Å². The summed E-state index contributed by atoms with van der Waals surface area (Å²) in [6.07, 6.45) is 3.42. The zero-order valence-electron chi connectivity index (χ0n) is 13.0. The summed E-state index contributed by atoms with van der Waals surface area (Å²) >= 11 is 0. The maximum absolute atomic E-state index is 5.47. The maximum Gasteiger partial charge on any atom is 0.0701 e. The molecule has 0 aromatic carbocycles. The van der Waals surface area contributed by atoms with Crippen molar-refractivity contribution in [3.8, 4) is 0 Å². The van der Waals surface area contributed by atoms with Crippen LogP contribution in [0.15, 0.2) is 0 Å². The summed E-state index contributed by atoms with van der Waals surface area (Å²) in [4.78, 5) is 0. The largest absolute Gasteiger partial charge is 0.379 e. The molecule has 4 nitrogen and oxygen atoms in total. The minimum atomic E-state index is 0.628. The predicted molar refractivity (Wildman–Crippen MR) is 77.6 cm³/mol. The summed E-state index contributed by atoms with van der Waals surface area (Å²) in [5.74, 6) is 0.762. The molecule has 0 saturated carbocycles. The molecule has 0 aromatic rings. The molecule has 0 atom stereocenters. The van der Waals surface area contributed by atoms with Crippen LogP contribution in [0.25, 0.3) is 0 Å². The lowest BCUT2D eigenvalue weighted by atomic mass is 10.1. The first kappa shape index (κ1) is 18.8. The third-order valence-electron chi connectivity index (χ3n) is 2.53. The van der Waals surface area contributed by atoms with E-state index in [-0.39, 0.29) is 0 Å². The molecule has 0 spiro atoms. The van der Waals surface area contributed by atoms with Crippen molar-refractivity contribution >= 4 is 0 Å². The van der Waals surface area contributed by atoms with Crippen molar-refractivity contribution < 1.29 is 18.9 Å². The van der Waals surface area contributed by atoms with E-state index in [9.17, 15) is 0 Å². The maximum atomic E-state index is 5.47. The summed E-state index contributed by atoms with van der Waals surface area (Å²) in [5.41, 5.74) is 0. The van der Waals surface area contributed by atoms with Crippen molar-refractivity contribution in [2.45, 2.75) is 40.0 Å². The molecule has 116 valence electrons. The van der Waals surface area contributed by atoms with Gasteiger partial charge in [0.2, 0.25) is 0 Å². The third-order valence-corrected chi connectivity index (χ3v) is 2.53. The smallest absolute Gasteiger partial charge is 0.0701 e. The van der Waals surface area contributed by atoms with Gasteiger partial charge in [-0.25, -0.2) is 0 Å². The second-order valence-corrected chi connectivity index (χ2v) is 4.99. The van der Waals surface area contributed by atoms with Crippen molar-refractivity contribution in [1.82, 2.24) is 0 Å². The van der Waals surface area contributed by atoms with E-state index in [2.05, 4.69) is 20.8 Å². The highest BCUT2D eigenvalue weighted by Gasteiger charge is 1.95. The Bertz CT molecular complexity index is 162. The number of hydrogen-bond donors (Lipinski definition) is 0. The molecule has 19 heavy (non-hydrogen) atoms. The van der Waals surface area contributed by atoms with E-state index in [0.717, 1.165) is 32.0 Å². The fourth-order valence-electron chi connectivity index (χ4n) is 1.50. The van der Waals surface area contributed by atoms with Crippen molar-refractivity contribution in [2.75, 3.05) is 52.9 Å². The minimum Gasteiger partial charge on any atom is -0.379 e. The Kier molecular flexibility index (Phi) is 15.8. The summed E-state index contributed by atoms with van der Waals surface area (Å²) in [5, 5.41) is 0. The molecular weight excluding hydrogens is 244 g/mol. The Morgan fingerprint density at radius 2 is 1.05 bits per heavy atom. The van der Waals surface area contributed by atoms with E-state index in [1.807, 2.05) is 0 Å².